The van der Waals surface area contributed by atoms with Crippen LogP contribution in [0.3, 0.4) is 0 Å². The molecule has 8 heteroatoms. The summed E-state index contributed by atoms with van der Waals surface area (Å²) in [7, 11) is 0. The van der Waals surface area contributed by atoms with Crippen LogP contribution in [0.2, 0.25) is 0 Å². The van der Waals surface area contributed by atoms with Gasteiger partial charge in [-0.15, -0.1) is 4.91 Å². The van der Waals surface area contributed by atoms with Gasteiger partial charge in [-0.05, 0) is 54.5 Å². The van der Waals surface area contributed by atoms with E-state index in [0.717, 1.165) is 16.5 Å². The Bertz CT molecular complexity index is 1230. The SMILES string of the molecule is O=Nc1ccc(/C=C/c2nc(NCCc3ccc(O)c(O)c3)c3ccccc3n2)o1. The van der Waals surface area contributed by atoms with Gasteiger partial charge < -0.3 is 19.9 Å². The molecule has 0 spiro atoms. The molecule has 0 radical (unpaired) electrons. The van der Waals surface area contributed by atoms with Gasteiger partial charge in [0.1, 0.15) is 11.6 Å². The zero-order valence-electron chi connectivity index (χ0n) is 15.8. The summed E-state index contributed by atoms with van der Waals surface area (Å²) in [5, 5.41) is 26.0. The van der Waals surface area contributed by atoms with E-state index in [1.807, 2.05) is 24.3 Å². The van der Waals surface area contributed by atoms with Gasteiger partial charge >= 0.3 is 0 Å². The van der Waals surface area contributed by atoms with Crippen LogP contribution < -0.4 is 5.32 Å². The minimum atomic E-state index is -0.141. The summed E-state index contributed by atoms with van der Waals surface area (Å²) < 4.78 is 5.23. The van der Waals surface area contributed by atoms with Crippen LogP contribution in [-0.4, -0.2) is 26.7 Å². The van der Waals surface area contributed by atoms with E-state index < -0.39 is 0 Å². The van der Waals surface area contributed by atoms with Crippen LogP contribution >= 0.6 is 0 Å². The predicted octanol–water partition coefficient (Wildman–Crippen LogP) is 4.86. The molecule has 0 amide bonds. The normalized spacial score (nSPS) is 11.2. The van der Waals surface area contributed by atoms with Gasteiger partial charge in [-0.25, -0.2) is 9.97 Å². The van der Waals surface area contributed by atoms with Crippen molar-refractivity contribution in [2.45, 2.75) is 6.42 Å². The number of hydrogen-bond donors (Lipinski definition) is 3. The number of phenolic OH excluding ortho intramolecular Hbond substituents is 2. The summed E-state index contributed by atoms with van der Waals surface area (Å²) >= 11 is 0. The summed E-state index contributed by atoms with van der Waals surface area (Å²) in [5.41, 5.74) is 1.67. The Balaban J connectivity index is 1.55. The number of nitroso groups, excluding NO2 is 1. The molecule has 0 aliphatic heterocycles. The second-order valence-corrected chi connectivity index (χ2v) is 6.55. The number of rotatable bonds is 7. The highest BCUT2D eigenvalue weighted by molar-refractivity contribution is 5.90. The number of aromatic nitrogens is 2. The molecule has 2 aromatic carbocycles. The average Bonchev–Trinajstić information content (AvgIpc) is 3.23. The maximum Gasteiger partial charge on any atom is 0.260 e. The Morgan fingerprint density at radius 1 is 1.00 bits per heavy atom. The third-order valence-electron chi connectivity index (χ3n) is 4.47. The fourth-order valence-electron chi connectivity index (χ4n) is 2.99. The number of phenols is 2. The Morgan fingerprint density at radius 3 is 2.67 bits per heavy atom. The fraction of sp³-hybridized carbons (Fsp3) is 0.0909. The van der Waals surface area contributed by atoms with E-state index in [0.29, 0.717) is 30.4 Å². The first-order valence-corrected chi connectivity index (χ1v) is 9.25. The molecule has 0 bridgehead atoms. The average molecular weight is 402 g/mol. The highest BCUT2D eigenvalue weighted by Crippen LogP contribution is 2.26. The number of hydrogen-bond acceptors (Lipinski definition) is 8. The molecule has 4 rings (SSSR count). The molecule has 2 heterocycles. The van der Waals surface area contributed by atoms with E-state index in [2.05, 4.69) is 20.5 Å². The second-order valence-electron chi connectivity index (χ2n) is 6.55. The molecule has 8 nitrogen and oxygen atoms in total. The van der Waals surface area contributed by atoms with E-state index in [-0.39, 0.29) is 17.4 Å². The third kappa shape index (κ3) is 4.27. The van der Waals surface area contributed by atoms with Crippen molar-refractivity contribution in [1.29, 1.82) is 0 Å². The molecular formula is C22H18N4O4. The standard InChI is InChI=1S/C22H18N4O4/c27-18-8-5-14(13-19(18)28)11-12-23-22-16-3-1-2-4-17(16)24-20(25-22)9-6-15-7-10-21(26-29)30-15/h1-10,13,27-28H,11-12H2,(H,23,24,25)/b9-6+. The highest BCUT2D eigenvalue weighted by atomic mass is 16.4. The molecule has 0 unspecified atom stereocenters. The van der Waals surface area contributed by atoms with Gasteiger partial charge in [-0.2, -0.15) is 0 Å². The monoisotopic (exact) mass is 402 g/mol. The van der Waals surface area contributed by atoms with Crippen molar-refractivity contribution in [1.82, 2.24) is 9.97 Å². The highest BCUT2D eigenvalue weighted by Gasteiger charge is 2.07. The molecular weight excluding hydrogens is 384 g/mol. The van der Waals surface area contributed by atoms with Crippen molar-refractivity contribution in [3.8, 4) is 11.5 Å². The first-order valence-electron chi connectivity index (χ1n) is 9.25. The Morgan fingerprint density at radius 2 is 1.87 bits per heavy atom. The molecule has 0 saturated carbocycles. The Hall–Kier alpha value is -4.20. The minimum Gasteiger partial charge on any atom is -0.504 e. The first-order chi connectivity index (χ1) is 14.6. The number of benzene rings is 2. The molecule has 3 N–H and O–H groups in total. The second kappa shape index (κ2) is 8.44. The molecule has 150 valence electrons. The van der Waals surface area contributed by atoms with Crippen LogP contribution in [0, 0.1) is 4.91 Å². The number of nitrogens with zero attached hydrogens (tertiary/aromatic N) is 3. The van der Waals surface area contributed by atoms with Gasteiger partial charge in [0.05, 0.1) is 5.52 Å². The number of aromatic hydroxyl groups is 2. The molecule has 0 aliphatic carbocycles. The predicted molar refractivity (Wildman–Crippen MR) is 115 cm³/mol. The number of para-hydroxylation sites is 1. The fourth-order valence-corrected chi connectivity index (χ4v) is 2.99. The summed E-state index contributed by atoms with van der Waals surface area (Å²) in [6.07, 6.45) is 4.00. The van der Waals surface area contributed by atoms with Gasteiger partial charge in [0.2, 0.25) is 0 Å². The van der Waals surface area contributed by atoms with Crippen LogP contribution in [0.5, 0.6) is 11.5 Å². The zero-order chi connectivity index (χ0) is 20.9. The van der Waals surface area contributed by atoms with Gasteiger partial charge in [-0.1, -0.05) is 18.2 Å². The number of furan rings is 1. The van der Waals surface area contributed by atoms with E-state index >= 15 is 0 Å². The lowest BCUT2D eigenvalue weighted by Gasteiger charge is -2.10. The zero-order valence-corrected chi connectivity index (χ0v) is 15.8. The van der Waals surface area contributed by atoms with Gasteiger partial charge in [-0.3, -0.25) is 0 Å². The Labute approximate surface area is 171 Å². The van der Waals surface area contributed by atoms with E-state index in [1.54, 1.807) is 24.3 Å². The van der Waals surface area contributed by atoms with Crippen molar-refractivity contribution >= 4 is 34.8 Å². The summed E-state index contributed by atoms with van der Waals surface area (Å²) in [6.45, 7) is 0.570. The smallest absolute Gasteiger partial charge is 0.260 e. The summed E-state index contributed by atoms with van der Waals surface area (Å²) in [6, 6.07) is 15.5. The minimum absolute atomic E-state index is 0.0108. The Kier molecular flexibility index (Phi) is 5.38. The van der Waals surface area contributed by atoms with Gasteiger partial charge in [0.25, 0.3) is 5.88 Å². The molecule has 4 aromatic rings. The molecule has 0 aliphatic rings. The lowest BCUT2D eigenvalue weighted by atomic mass is 10.1. The van der Waals surface area contributed by atoms with Crippen LogP contribution in [0.25, 0.3) is 23.1 Å². The summed E-state index contributed by atoms with van der Waals surface area (Å²) in [5.74, 6) is 1.36. The van der Waals surface area contributed by atoms with Crippen molar-refractivity contribution in [3.63, 3.8) is 0 Å². The molecule has 0 fully saturated rings. The lowest BCUT2D eigenvalue weighted by molar-refractivity contribution is 0.403. The first kappa shape index (κ1) is 19.1. The van der Waals surface area contributed by atoms with Crippen molar-refractivity contribution in [2.75, 3.05) is 11.9 Å². The maximum atomic E-state index is 10.5. The molecule has 30 heavy (non-hydrogen) atoms. The topological polar surface area (TPSA) is 121 Å². The van der Waals surface area contributed by atoms with Crippen molar-refractivity contribution < 1.29 is 14.6 Å². The van der Waals surface area contributed by atoms with Crippen LogP contribution in [0.15, 0.2) is 64.2 Å². The van der Waals surface area contributed by atoms with Crippen molar-refractivity contribution in [3.05, 3.63) is 76.7 Å². The quantitative estimate of drug-likeness (QED) is 0.298. The lowest BCUT2D eigenvalue weighted by Crippen LogP contribution is -2.08. The van der Waals surface area contributed by atoms with Crippen LogP contribution in [0.1, 0.15) is 17.1 Å². The third-order valence-corrected chi connectivity index (χ3v) is 4.47. The summed E-state index contributed by atoms with van der Waals surface area (Å²) in [4.78, 5) is 19.6. The number of anilines is 1. The van der Waals surface area contributed by atoms with Crippen LogP contribution in [-0.2, 0) is 6.42 Å². The van der Waals surface area contributed by atoms with Crippen LogP contribution in [0.4, 0.5) is 11.7 Å². The molecule has 2 aromatic heterocycles. The largest absolute Gasteiger partial charge is 0.504 e. The van der Waals surface area contributed by atoms with Crippen molar-refractivity contribution in [2.24, 2.45) is 5.18 Å². The van der Waals surface area contributed by atoms with Gasteiger partial charge in [0.15, 0.2) is 17.3 Å². The number of fused-ring (bicyclic) bond motifs is 1. The number of nitrogens with one attached hydrogen (secondary N) is 1. The maximum absolute atomic E-state index is 10.5. The molecule has 0 saturated heterocycles. The van der Waals surface area contributed by atoms with E-state index in [4.69, 9.17) is 4.42 Å². The molecule has 0 atom stereocenters. The van der Waals surface area contributed by atoms with E-state index in [9.17, 15) is 15.1 Å². The van der Waals surface area contributed by atoms with Gasteiger partial charge in [0, 0.05) is 23.2 Å². The van der Waals surface area contributed by atoms with E-state index in [1.165, 1.54) is 18.2 Å².